The molecule has 2 rings (SSSR count). The van der Waals surface area contributed by atoms with Gasteiger partial charge in [0.1, 0.15) is 0 Å². The molecule has 0 spiro atoms. The Morgan fingerprint density at radius 1 is 1.28 bits per heavy atom. The molecular weight excluding hydrogens is 262 g/mol. The number of thiophene rings is 1. The SMILES string of the molecule is CSc1ccccc1CNC(=O)Cc1cccs1. The van der Waals surface area contributed by atoms with Crippen LogP contribution in [-0.4, -0.2) is 12.2 Å². The predicted octanol–water partition coefficient (Wildman–Crippen LogP) is 3.33. The minimum absolute atomic E-state index is 0.0772. The number of hydrogen-bond donors (Lipinski definition) is 1. The highest BCUT2D eigenvalue weighted by Crippen LogP contribution is 2.19. The van der Waals surface area contributed by atoms with Gasteiger partial charge in [-0.2, -0.15) is 0 Å². The van der Waals surface area contributed by atoms with Gasteiger partial charge in [-0.15, -0.1) is 23.1 Å². The Kier molecular flexibility index (Phi) is 4.84. The van der Waals surface area contributed by atoms with Crippen molar-refractivity contribution in [1.82, 2.24) is 5.32 Å². The summed E-state index contributed by atoms with van der Waals surface area (Å²) in [6.45, 7) is 0.598. The zero-order valence-corrected chi connectivity index (χ0v) is 11.8. The third-order valence-corrected chi connectivity index (χ3v) is 4.30. The van der Waals surface area contributed by atoms with Crippen molar-refractivity contribution in [1.29, 1.82) is 0 Å². The largest absolute Gasteiger partial charge is 0.352 e. The standard InChI is InChI=1S/C14H15NOS2/c1-17-13-7-3-2-5-11(13)10-15-14(16)9-12-6-4-8-18-12/h2-8H,9-10H2,1H3,(H,15,16). The molecule has 0 fully saturated rings. The second-order valence-electron chi connectivity index (χ2n) is 3.84. The number of carbonyl (C=O) groups excluding carboxylic acids is 1. The van der Waals surface area contributed by atoms with Gasteiger partial charge in [0, 0.05) is 16.3 Å². The highest BCUT2D eigenvalue weighted by molar-refractivity contribution is 7.98. The van der Waals surface area contributed by atoms with Crippen LogP contribution in [-0.2, 0) is 17.8 Å². The van der Waals surface area contributed by atoms with Crippen molar-refractivity contribution in [3.63, 3.8) is 0 Å². The van der Waals surface area contributed by atoms with Crippen LogP contribution >= 0.6 is 23.1 Å². The molecule has 2 aromatic rings. The van der Waals surface area contributed by atoms with E-state index in [0.717, 1.165) is 4.88 Å². The van der Waals surface area contributed by atoms with Gasteiger partial charge in [-0.3, -0.25) is 4.79 Å². The number of nitrogens with one attached hydrogen (secondary N) is 1. The van der Waals surface area contributed by atoms with E-state index in [2.05, 4.69) is 17.4 Å². The van der Waals surface area contributed by atoms with Gasteiger partial charge in [0.25, 0.3) is 0 Å². The number of rotatable bonds is 5. The molecule has 0 aliphatic heterocycles. The maximum Gasteiger partial charge on any atom is 0.225 e. The summed E-state index contributed by atoms with van der Waals surface area (Å²) >= 11 is 3.32. The Labute approximate surface area is 115 Å². The fraction of sp³-hybridized carbons (Fsp3) is 0.214. The molecule has 1 aromatic heterocycles. The lowest BCUT2D eigenvalue weighted by Gasteiger charge is -2.08. The zero-order chi connectivity index (χ0) is 12.8. The predicted molar refractivity (Wildman–Crippen MR) is 78.1 cm³/mol. The first-order valence-corrected chi connectivity index (χ1v) is 7.81. The molecule has 0 unspecified atom stereocenters. The average molecular weight is 277 g/mol. The topological polar surface area (TPSA) is 29.1 Å². The Balaban J connectivity index is 1.89. The van der Waals surface area contributed by atoms with Gasteiger partial charge in [0.15, 0.2) is 0 Å². The highest BCUT2D eigenvalue weighted by Gasteiger charge is 2.05. The van der Waals surface area contributed by atoms with Gasteiger partial charge in [-0.05, 0) is 29.3 Å². The van der Waals surface area contributed by atoms with Crippen LogP contribution in [0.2, 0.25) is 0 Å². The molecule has 0 saturated heterocycles. The van der Waals surface area contributed by atoms with E-state index in [1.54, 1.807) is 23.1 Å². The van der Waals surface area contributed by atoms with Crippen molar-refractivity contribution in [2.24, 2.45) is 0 Å². The van der Waals surface area contributed by atoms with Crippen molar-refractivity contribution in [2.45, 2.75) is 17.9 Å². The molecule has 1 heterocycles. The monoisotopic (exact) mass is 277 g/mol. The van der Waals surface area contributed by atoms with E-state index in [1.165, 1.54) is 10.5 Å². The summed E-state index contributed by atoms with van der Waals surface area (Å²) in [4.78, 5) is 14.1. The highest BCUT2D eigenvalue weighted by atomic mass is 32.2. The molecule has 0 aliphatic carbocycles. The lowest BCUT2D eigenvalue weighted by Crippen LogP contribution is -2.24. The molecule has 18 heavy (non-hydrogen) atoms. The molecule has 0 bridgehead atoms. The van der Waals surface area contributed by atoms with Gasteiger partial charge in [0.05, 0.1) is 6.42 Å². The fourth-order valence-electron chi connectivity index (χ4n) is 1.68. The smallest absolute Gasteiger partial charge is 0.225 e. The molecule has 0 radical (unpaired) electrons. The van der Waals surface area contributed by atoms with E-state index in [9.17, 15) is 4.79 Å². The summed E-state index contributed by atoms with van der Waals surface area (Å²) in [6, 6.07) is 12.1. The number of thioether (sulfide) groups is 1. The minimum Gasteiger partial charge on any atom is -0.352 e. The number of hydrogen-bond acceptors (Lipinski definition) is 3. The van der Waals surface area contributed by atoms with Crippen LogP contribution in [0.5, 0.6) is 0 Å². The van der Waals surface area contributed by atoms with Crippen LogP contribution in [0.25, 0.3) is 0 Å². The van der Waals surface area contributed by atoms with Gasteiger partial charge in [-0.25, -0.2) is 0 Å². The normalized spacial score (nSPS) is 10.3. The first-order valence-electron chi connectivity index (χ1n) is 5.70. The van der Waals surface area contributed by atoms with Crippen LogP contribution in [0.1, 0.15) is 10.4 Å². The summed E-state index contributed by atoms with van der Waals surface area (Å²) in [5, 5.41) is 4.96. The minimum atomic E-state index is 0.0772. The van der Waals surface area contributed by atoms with E-state index in [-0.39, 0.29) is 5.91 Å². The quantitative estimate of drug-likeness (QED) is 0.849. The van der Waals surface area contributed by atoms with Crippen molar-refractivity contribution in [3.05, 3.63) is 52.2 Å². The molecule has 0 aliphatic rings. The van der Waals surface area contributed by atoms with Crippen LogP contribution in [0.4, 0.5) is 0 Å². The maximum atomic E-state index is 11.8. The van der Waals surface area contributed by atoms with Crippen LogP contribution in [0, 0.1) is 0 Å². The molecule has 1 aromatic carbocycles. The fourth-order valence-corrected chi connectivity index (χ4v) is 3.00. The Morgan fingerprint density at radius 2 is 2.11 bits per heavy atom. The van der Waals surface area contributed by atoms with E-state index in [0.29, 0.717) is 13.0 Å². The molecular formula is C14H15NOS2. The molecule has 2 nitrogen and oxygen atoms in total. The van der Waals surface area contributed by atoms with E-state index in [1.807, 2.05) is 35.9 Å². The molecule has 0 atom stereocenters. The zero-order valence-electron chi connectivity index (χ0n) is 10.2. The molecule has 0 saturated carbocycles. The molecule has 4 heteroatoms. The van der Waals surface area contributed by atoms with Gasteiger partial charge in [-0.1, -0.05) is 24.3 Å². The summed E-state index contributed by atoms with van der Waals surface area (Å²) in [5.41, 5.74) is 1.17. The Morgan fingerprint density at radius 3 is 2.83 bits per heavy atom. The van der Waals surface area contributed by atoms with Crippen molar-refractivity contribution < 1.29 is 4.79 Å². The van der Waals surface area contributed by atoms with Gasteiger partial charge < -0.3 is 5.32 Å². The third kappa shape index (κ3) is 3.62. The average Bonchev–Trinajstić information content (AvgIpc) is 2.89. The second kappa shape index (κ2) is 6.61. The van der Waals surface area contributed by atoms with E-state index in [4.69, 9.17) is 0 Å². The maximum absolute atomic E-state index is 11.8. The van der Waals surface area contributed by atoms with Crippen LogP contribution < -0.4 is 5.32 Å². The van der Waals surface area contributed by atoms with Gasteiger partial charge >= 0.3 is 0 Å². The Hall–Kier alpha value is -1.26. The van der Waals surface area contributed by atoms with Crippen LogP contribution in [0.3, 0.4) is 0 Å². The lowest BCUT2D eigenvalue weighted by molar-refractivity contribution is -0.120. The Bertz CT molecular complexity index is 508. The summed E-state index contributed by atoms with van der Waals surface area (Å²) in [5.74, 6) is 0.0772. The number of carbonyl (C=O) groups is 1. The first-order chi connectivity index (χ1) is 8.79. The molecule has 94 valence electrons. The lowest BCUT2D eigenvalue weighted by atomic mass is 10.2. The summed E-state index contributed by atoms with van der Waals surface area (Å²) in [6.07, 6.45) is 2.52. The number of amides is 1. The summed E-state index contributed by atoms with van der Waals surface area (Å²) < 4.78 is 0. The van der Waals surface area contributed by atoms with Gasteiger partial charge in [0.2, 0.25) is 5.91 Å². The number of benzene rings is 1. The second-order valence-corrected chi connectivity index (χ2v) is 5.73. The molecule has 1 N–H and O–H groups in total. The third-order valence-electron chi connectivity index (χ3n) is 2.58. The van der Waals surface area contributed by atoms with Crippen molar-refractivity contribution in [2.75, 3.05) is 6.26 Å². The van der Waals surface area contributed by atoms with Crippen molar-refractivity contribution >= 4 is 29.0 Å². The summed E-state index contributed by atoms with van der Waals surface area (Å²) in [7, 11) is 0. The van der Waals surface area contributed by atoms with Crippen LogP contribution in [0.15, 0.2) is 46.7 Å². The molecule has 1 amide bonds. The van der Waals surface area contributed by atoms with E-state index >= 15 is 0 Å². The first kappa shape index (κ1) is 13.2. The van der Waals surface area contributed by atoms with E-state index < -0.39 is 0 Å². The van der Waals surface area contributed by atoms with Crippen molar-refractivity contribution in [3.8, 4) is 0 Å².